The molecule has 0 spiro atoms. The van der Waals surface area contributed by atoms with Crippen molar-refractivity contribution in [3.63, 3.8) is 0 Å². The van der Waals surface area contributed by atoms with Gasteiger partial charge in [0.25, 0.3) is 5.91 Å². The molecule has 6 nitrogen and oxygen atoms in total. The van der Waals surface area contributed by atoms with Crippen molar-refractivity contribution in [2.24, 2.45) is 0 Å². The molecule has 1 amide bonds. The fourth-order valence-corrected chi connectivity index (χ4v) is 4.35. The molecule has 1 fully saturated rings. The minimum atomic E-state index is -5.06. The van der Waals surface area contributed by atoms with E-state index in [0.29, 0.717) is 31.4 Å². The summed E-state index contributed by atoms with van der Waals surface area (Å²) in [6, 6.07) is 9.16. The van der Waals surface area contributed by atoms with Crippen LogP contribution in [-0.4, -0.2) is 62.3 Å². The Morgan fingerprint density at radius 2 is 1.61 bits per heavy atom. The maximum Gasteiger partial charge on any atom is 0.416 e. The number of rotatable bonds is 9. The molecule has 0 radical (unpaired) electrons. The Morgan fingerprint density at radius 3 is 2.18 bits per heavy atom. The Balaban J connectivity index is 1.83. The second-order valence-electron chi connectivity index (χ2n) is 8.95. The number of amides is 1. The monoisotopic (exact) mass is 546 g/mol. The van der Waals surface area contributed by atoms with Crippen molar-refractivity contribution in [2.75, 3.05) is 33.4 Å². The average Bonchev–Trinajstić information content (AvgIpc) is 2.86. The van der Waals surface area contributed by atoms with Gasteiger partial charge in [-0.1, -0.05) is 30.3 Å². The summed E-state index contributed by atoms with van der Waals surface area (Å²) in [7, 11) is 1.47. The Hall–Kier alpha value is -3.12. The highest BCUT2D eigenvalue weighted by Gasteiger charge is 2.39. The van der Waals surface area contributed by atoms with E-state index in [2.05, 4.69) is 5.32 Å². The van der Waals surface area contributed by atoms with Crippen LogP contribution in [0, 0.1) is 0 Å². The second kappa shape index (κ2) is 12.6. The summed E-state index contributed by atoms with van der Waals surface area (Å²) in [5.41, 5.74) is -2.93. The number of alkyl halides is 6. The van der Waals surface area contributed by atoms with E-state index in [1.165, 1.54) is 12.0 Å². The Labute approximate surface area is 215 Å². The second-order valence-corrected chi connectivity index (χ2v) is 8.95. The first-order valence-corrected chi connectivity index (χ1v) is 11.9. The van der Waals surface area contributed by atoms with Crippen molar-refractivity contribution in [2.45, 2.75) is 43.7 Å². The summed E-state index contributed by atoms with van der Waals surface area (Å²) >= 11 is 0. The van der Waals surface area contributed by atoms with Gasteiger partial charge < -0.3 is 19.7 Å². The van der Waals surface area contributed by atoms with Gasteiger partial charge in [0.1, 0.15) is 6.61 Å². The third-order valence-electron chi connectivity index (χ3n) is 6.21. The lowest BCUT2D eigenvalue weighted by atomic mass is 9.91. The van der Waals surface area contributed by atoms with Crippen LogP contribution >= 0.6 is 0 Å². The van der Waals surface area contributed by atoms with E-state index in [1.807, 2.05) is 12.1 Å². The highest BCUT2D eigenvalue weighted by molar-refractivity contribution is 5.95. The largest absolute Gasteiger partial charge is 0.462 e. The van der Waals surface area contributed by atoms with Gasteiger partial charge in [0.15, 0.2) is 0 Å². The number of nitrogens with zero attached hydrogens (tertiary/aromatic N) is 1. The summed E-state index contributed by atoms with van der Waals surface area (Å²) in [6.07, 6.45) is -9.12. The van der Waals surface area contributed by atoms with Crippen LogP contribution in [0.2, 0.25) is 0 Å². The van der Waals surface area contributed by atoms with Gasteiger partial charge >= 0.3 is 18.3 Å². The first kappa shape index (κ1) is 29.4. The quantitative estimate of drug-likeness (QED) is 0.280. The molecule has 0 saturated carbocycles. The predicted molar refractivity (Wildman–Crippen MR) is 125 cm³/mol. The molecule has 0 aliphatic carbocycles. The molecule has 208 valence electrons. The molecule has 2 aromatic rings. The number of hydrogen-bond donors (Lipinski definition) is 1. The third-order valence-corrected chi connectivity index (χ3v) is 6.21. The smallest absolute Gasteiger partial charge is 0.416 e. The highest BCUT2D eigenvalue weighted by Crippen LogP contribution is 2.37. The topological polar surface area (TPSA) is 67.9 Å². The number of methoxy groups -OCH3 is 1. The number of likely N-dealkylation sites (tertiary alicyclic amines) is 1. The first-order chi connectivity index (χ1) is 17.9. The van der Waals surface area contributed by atoms with Gasteiger partial charge in [-0.3, -0.25) is 9.59 Å². The molecule has 1 heterocycles. The number of halogens is 6. The minimum Gasteiger partial charge on any atom is -0.462 e. The number of ether oxygens (including phenoxy) is 2. The SMILES string of the molecule is COCCOC(=O)CN[C@H]1CCN(C(=O)c2cc(C(F)(F)F)cc(C(F)(F)F)c2)[C@H](Cc2ccccc2)C1. The molecule has 1 saturated heterocycles. The van der Waals surface area contributed by atoms with Gasteiger partial charge in [0.2, 0.25) is 0 Å². The normalized spacial score (nSPS) is 18.3. The lowest BCUT2D eigenvalue weighted by molar-refractivity contribution is -0.144. The molecular weight excluding hydrogens is 518 g/mol. The molecule has 2 aromatic carbocycles. The maximum atomic E-state index is 13.4. The van der Waals surface area contributed by atoms with Gasteiger partial charge in [-0.25, -0.2) is 0 Å². The van der Waals surface area contributed by atoms with E-state index >= 15 is 0 Å². The zero-order chi connectivity index (χ0) is 27.9. The zero-order valence-corrected chi connectivity index (χ0v) is 20.6. The zero-order valence-electron chi connectivity index (χ0n) is 20.6. The molecule has 0 bridgehead atoms. The fraction of sp³-hybridized carbons (Fsp3) is 0.462. The minimum absolute atomic E-state index is 0.000103. The van der Waals surface area contributed by atoms with E-state index in [1.54, 1.807) is 18.2 Å². The van der Waals surface area contributed by atoms with Crippen molar-refractivity contribution in [1.29, 1.82) is 0 Å². The Bertz CT molecular complexity index is 1060. The Kier molecular flexibility index (Phi) is 9.77. The van der Waals surface area contributed by atoms with E-state index < -0.39 is 47.0 Å². The average molecular weight is 547 g/mol. The number of hydrogen-bond acceptors (Lipinski definition) is 5. The van der Waals surface area contributed by atoms with Gasteiger partial charge in [0.05, 0.1) is 24.3 Å². The first-order valence-electron chi connectivity index (χ1n) is 11.9. The summed E-state index contributed by atoms with van der Waals surface area (Å²) in [4.78, 5) is 26.6. The number of carbonyl (C=O) groups excluding carboxylic acids is 2. The van der Waals surface area contributed by atoms with E-state index in [9.17, 15) is 35.9 Å². The van der Waals surface area contributed by atoms with Crippen molar-refractivity contribution in [1.82, 2.24) is 10.2 Å². The summed E-state index contributed by atoms with van der Waals surface area (Å²) < 4.78 is 90.0. The summed E-state index contributed by atoms with van der Waals surface area (Å²) in [5, 5.41) is 3.07. The van der Waals surface area contributed by atoms with Crippen LogP contribution in [0.1, 0.15) is 39.9 Å². The van der Waals surface area contributed by atoms with Crippen LogP contribution in [0.4, 0.5) is 26.3 Å². The molecular formula is C26H28F6N2O4. The lowest BCUT2D eigenvalue weighted by Crippen LogP contribution is -2.52. The van der Waals surface area contributed by atoms with Crippen molar-refractivity contribution < 1.29 is 45.4 Å². The molecule has 1 aliphatic heterocycles. The molecule has 2 atom stereocenters. The van der Waals surface area contributed by atoms with Crippen LogP contribution < -0.4 is 5.32 Å². The standard InChI is InChI=1S/C26H28F6N2O4/c1-37-9-10-38-23(35)16-33-21-7-8-34(22(15-21)11-17-5-3-2-4-6-17)24(36)18-12-19(25(27,28)29)14-20(13-18)26(30,31)32/h2-6,12-14,21-22,33H,7-11,15-16H2,1H3/t21-,22+/m0/s1. The van der Waals surface area contributed by atoms with Crippen LogP contribution in [-0.2, 0) is 33.0 Å². The molecule has 3 rings (SSSR count). The lowest BCUT2D eigenvalue weighted by Gasteiger charge is -2.40. The summed E-state index contributed by atoms with van der Waals surface area (Å²) in [5.74, 6) is -1.41. The van der Waals surface area contributed by atoms with Crippen LogP contribution in [0.15, 0.2) is 48.5 Å². The van der Waals surface area contributed by atoms with Crippen molar-refractivity contribution >= 4 is 11.9 Å². The van der Waals surface area contributed by atoms with E-state index in [-0.39, 0.29) is 38.4 Å². The van der Waals surface area contributed by atoms with Gasteiger partial charge in [-0.05, 0) is 43.0 Å². The van der Waals surface area contributed by atoms with Gasteiger partial charge in [-0.2, -0.15) is 26.3 Å². The van der Waals surface area contributed by atoms with Gasteiger partial charge in [0, 0.05) is 31.3 Å². The number of benzene rings is 2. The molecule has 38 heavy (non-hydrogen) atoms. The number of piperidine rings is 1. The van der Waals surface area contributed by atoms with E-state index in [0.717, 1.165) is 5.56 Å². The summed E-state index contributed by atoms with van der Waals surface area (Å²) in [6.45, 7) is 0.321. The van der Waals surface area contributed by atoms with Crippen LogP contribution in [0.25, 0.3) is 0 Å². The molecule has 12 heteroatoms. The molecule has 1 N–H and O–H groups in total. The highest BCUT2D eigenvalue weighted by atomic mass is 19.4. The number of nitrogens with one attached hydrogen (secondary N) is 1. The van der Waals surface area contributed by atoms with Crippen molar-refractivity contribution in [3.05, 3.63) is 70.8 Å². The fourth-order valence-electron chi connectivity index (χ4n) is 4.35. The molecule has 1 aliphatic rings. The van der Waals surface area contributed by atoms with Gasteiger partial charge in [-0.15, -0.1) is 0 Å². The number of carbonyl (C=O) groups is 2. The van der Waals surface area contributed by atoms with E-state index in [4.69, 9.17) is 9.47 Å². The third kappa shape index (κ3) is 8.19. The van der Waals surface area contributed by atoms with Crippen LogP contribution in [0.3, 0.4) is 0 Å². The number of esters is 1. The maximum absolute atomic E-state index is 13.4. The van der Waals surface area contributed by atoms with Crippen molar-refractivity contribution in [3.8, 4) is 0 Å². The predicted octanol–water partition coefficient (Wildman–Crippen LogP) is 4.72. The molecule has 0 aromatic heterocycles. The molecule has 0 unspecified atom stereocenters. The van der Waals surface area contributed by atoms with Crippen LogP contribution in [0.5, 0.6) is 0 Å². The Morgan fingerprint density at radius 1 is 0.974 bits per heavy atom.